The monoisotopic (exact) mass is 651 g/mol. The Morgan fingerprint density at radius 3 is 2.15 bits per heavy atom. The first kappa shape index (κ1) is 27.3. The minimum absolute atomic E-state index is 0.737. The Morgan fingerprint density at radius 2 is 1.21 bits per heavy atom. The smallest absolute Gasteiger partial charge is 0.173 e. The predicted molar refractivity (Wildman–Crippen MR) is 201 cm³/mol. The summed E-state index contributed by atoms with van der Waals surface area (Å²) in [5, 5.41) is 5.97. The maximum absolute atomic E-state index is 6.50. The molecule has 0 saturated heterocycles. The first-order valence-electron chi connectivity index (χ1n) is 15.8. The van der Waals surface area contributed by atoms with Crippen molar-refractivity contribution in [1.29, 1.82) is 0 Å². The van der Waals surface area contributed by atoms with E-state index >= 15 is 0 Å². The lowest BCUT2D eigenvalue weighted by Crippen LogP contribution is -2.15. The number of nitrogens with zero attached hydrogens (tertiary/aromatic N) is 3. The van der Waals surface area contributed by atoms with Gasteiger partial charge in [-0.25, -0.2) is 4.98 Å². The van der Waals surface area contributed by atoms with Crippen LogP contribution in [0.15, 0.2) is 152 Å². The fraction of sp³-hybridized carbons (Fsp3) is 0. The molecule has 1 aliphatic rings. The Balaban J connectivity index is 0.980. The quantitative estimate of drug-likeness (QED) is 0.190. The summed E-state index contributed by atoms with van der Waals surface area (Å²) in [5.74, 6) is 2.39. The van der Waals surface area contributed by atoms with Crippen LogP contribution in [0, 0.1) is 0 Å². The second-order valence-electron chi connectivity index (χ2n) is 11.9. The highest BCUT2D eigenvalue weighted by atomic mass is 32.1. The van der Waals surface area contributed by atoms with E-state index in [2.05, 4.69) is 144 Å². The largest absolute Gasteiger partial charge is 0.453 e. The number of hydrogen-bond donors (Lipinski definition) is 0. The third-order valence-corrected chi connectivity index (χ3v) is 10.9. The summed E-state index contributed by atoms with van der Waals surface area (Å²) in [6, 6.07) is 53.4. The lowest BCUT2D eigenvalue weighted by Gasteiger charge is -2.33. The van der Waals surface area contributed by atoms with Gasteiger partial charge in [-0.15, -0.1) is 11.3 Å². The highest BCUT2D eigenvalue weighted by Crippen LogP contribution is 2.51. The fourth-order valence-electron chi connectivity index (χ4n) is 6.66. The van der Waals surface area contributed by atoms with Crippen LogP contribution in [0.5, 0.6) is 11.5 Å². The first-order valence-corrected chi connectivity index (χ1v) is 17.4. The topological polar surface area (TPSA) is 38.2 Å². The zero-order valence-corrected chi connectivity index (χ0v) is 27.1. The van der Waals surface area contributed by atoms with Crippen molar-refractivity contribution >= 4 is 70.9 Å². The second kappa shape index (κ2) is 10.9. The molecule has 10 rings (SSSR count). The van der Waals surface area contributed by atoms with Crippen LogP contribution in [0.1, 0.15) is 0 Å². The molecule has 48 heavy (non-hydrogen) atoms. The molecule has 0 bridgehead atoms. The molecule has 0 unspecified atom stereocenters. The van der Waals surface area contributed by atoms with E-state index in [0.29, 0.717) is 0 Å². The molecule has 9 aromatic rings. The standard InChI is InChI=1S/C42H25N3OS2/c1-2-8-28-23-29(14-13-26(28)7-1)30-18-22-36-38(24-30)46-37-11-5-4-10-35(37)45(36)32-19-15-27(16-20-32)41-43-42(48-44-41)31-17-21-34-33-9-3-6-12-39(33)47-40(34)25-31/h1-25H. The molecule has 0 amide bonds. The molecule has 0 spiro atoms. The number of fused-ring (bicyclic) bond motifs is 6. The molecule has 3 heterocycles. The summed E-state index contributed by atoms with van der Waals surface area (Å²) in [6.45, 7) is 0. The summed E-state index contributed by atoms with van der Waals surface area (Å²) >= 11 is 3.26. The molecule has 0 saturated carbocycles. The number of ether oxygens (including phenoxy) is 1. The van der Waals surface area contributed by atoms with Crippen LogP contribution < -0.4 is 9.64 Å². The number of para-hydroxylation sites is 2. The van der Waals surface area contributed by atoms with Gasteiger partial charge in [0.05, 0.1) is 11.4 Å². The van der Waals surface area contributed by atoms with E-state index in [1.54, 1.807) is 0 Å². The van der Waals surface area contributed by atoms with Gasteiger partial charge in [-0.1, -0.05) is 84.9 Å². The maximum atomic E-state index is 6.50. The lowest BCUT2D eigenvalue weighted by atomic mass is 10.00. The summed E-state index contributed by atoms with van der Waals surface area (Å²) in [4.78, 5) is 7.23. The number of benzene rings is 7. The van der Waals surface area contributed by atoms with Crippen molar-refractivity contribution < 1.29 is 4.74 Å². The summed E-state index contributed by atoms with van der Waals surface area (Å²) in [7, 11) is 0. The van der Waals surface area contributed by atoms with Gasteiger partial charge in [0.1, 0.15) is 5.01 Å². The van der Waals surface area contributed by atoms with Crippen LogP contribution in [-0.4, -0.2) is 9.36 Å². The third-order valence-electron chi connectivity index (χ3n) is 9.05. The van der Waals surface area contributed by atoms with Gasteiger partial charge in [-0.3, -0.25) is 0 Å². The van der Waals surface area contributed by atoms with Gasteiger partial charge in [0.15, 0.2) is 17.3 Å². The Hall–Kier alpha value is -5.82. The normalized spacial score (nSPS) is 12.3. The van der Waals surface area contributed by atoms with Crippen molar-refractivity contribution in [3.63, 3.8) is 0 Å². The molecular weight excluding hydrogens is 627 g/mol. The van der Waals surface area contributed by atoms with Crippen LogP contribution in [0.25, 0.3) is 64.0 Å². The van der Waals surface area contributed by atoms with E-state index in [1.807, 2.05) is 23.5 Å². The van der Waals surface area contributed by atoms with Crippen molar-refractivity contribution in [3.8, 4) is 44.6 Å². The molecule has 0 N–H and O–H groups in total. The van der Waals surface area contributed by atoms with Crippen LogP contribution in [0.2, 0.25) is 0 Å². The average molecular weight is 652 g/mol. The van der Waals surface area contributed by atoms with Gasteiger partial charge in [-0.05, 0) is 100 Å². The molecule has 4 nitrogen and oxygen atoms in total. The Kier molecular flexibility index (Phi) is 6.19. The maximum Gasteiger partial charge on any atom is 0.173 e. The van der Waals surface area contributed by atoms with Crippen molar-refractivity contribution in [3.05, 3.63) is 152 Å². The van der Waals surface area contributed by atoms with Gasteiger partial charge in [0.25, 0.3) is 0 Å². The lowest BCUT2D eigenvalue weighted by molar-refractivity contribution is 0.477. The van der Waals surface area contributed by atoms with Gasteiger partial charge < -0.3 is 9.64 Å². The predicted octanol–water partition coefficient (Wildman–Crippen LogP) is 12.6. The van der Waals surface area contributed by atoms with E-state index in [1.165, 1.54) is 42.5 Å². The van der Waals surface area contributed by atoms with E-state index in [0.717, 1.165) is 61.6 Å². The van der Waals surface area contributed by atoms with Crippen LogP contribution in [0.4, 0.5) is 17.1 Å². The Bertz CT molecular complexity index is 2670. The number of rotatable bonds is 4. The Morgan fingerprint density at radius 1 is 0.500 bits per heavy atom. The number of thiophene rings is 1. The van der Waals surface area contributed by atoms with Gasteiger partial charge >= 0.3 is 0 Å². The average Bonchev–Trinajstić information content (AvgIpc) is 3.79. The molecule has 0 aliphatic carbocycles. The second-order valence-corrected chi connectivity index (χ2v) is 13.8. The minimum atomic E-state index is 0.737. The van der Waals surface area contributed by atoms with Crippen LogP contribution in [-0.2, 0) is 0 Å². The molecule has 0 fully saturated rings. The van der Waals surface area contributed by atoms with Gasteiger partial charge in [0.2, 0.25) is 0 Å². The van der Waals surface area contributed by atoms with Crippen molar-refractivity contribution in [2.24, 2.45) is 0 Å². The molecule has 2 aromatic heterocycles. The summed E-state index contributed by atoms with van der Waals surface area (Å²) in [5.41, 5.74) is 7.40. The van der Waals surface area contributed by atoms with E-state index in [4.69, 9.17) is 14.1 Å². The highest BCUT2D eigenvalue weighted by molar-refractivity contribution is 7.25. The minimum Gasteiger partial charge on any atom is -0.453 e. The molecule has 226 valence electrons. The molecule has 0 radical (unpaired) electrons. The van der Waals surface area contributed by atoms with E-state index in [9.17, 15) is 0 Å². The molecular formula is C42H25N3OS2. The third kappa shape index (κ3) is 4.49. The first-order chi connectivity index (χ1) is 23.7. The molecule has 0 atom stereocenters. The number of aromatic nitrogens is 2. The molecule has 1 aliphatic heterocycles. The van der Waals surface area contributed by atoms with Gasteiger partial charge in [0, 0.05) is 37.0 Å². The Labute approximate surface area is 284 Å². The SMILES string of the molecule is c1ccc2c(c1)Oc1cc(-c3ccc4ccccc4c3)ccc1N2c1ccc(-c2nsc(-c3ccc4c(c3)sc3ccccc34)n2)cc1. The van der Waals surface area contributed by atoms with Crippen LogP contribution in [0.3, 0.4) is 0 Å². The van der Waals surface area contributed by atoms with Crippen molar-refractivity contribution in [1.82, 2.24) is 9.36 Å². The summed E-state index contributed by atoms with van der Waals surface area (Å²) in [6.07, 6.45) is 0. The zero-order chi connectivity index (χ0) is 31.6. The zero-order valence-electron chi connectivity index (χ0n) is 25.5. The van der Waals surface area contributed by atoms with Crippen molar-refractivity contribution in [2.45, 2.75) is 0 Å². The van der Waals surface area contributed by atoms with Crippen molar-refractivity contribution in [2.75, 3.05) is 4.90 Å². The number of hydrogen-bond acceptors (Lipinski definition) is 6. The fourth-order valence-corrected chi connectivity index (χ4v) is 8.48. The van der Waals surface area contributed by atoms with Gasteiger partial charge in [-0.2, -0.15) is 4.37 Å². The van der Waals surface area contributed by atoms with E-state index < -0.39 is 0 Å². The molecule has 6 heteroatoms. The molecule has 7 aromatic carbocycles. The summed E-state index contributed by atoms with van der Waals surface area (Å²) < 4.78 is 13.8. The van der Waals surface area contributed by atoms with Crippen LogP contribution >= 0.6 is 22.9 Å². The van der Waals surface area contributed by atoms with E-state index in [-0.39, 0.29) is 0 Å². The number of anilines is 3. The highest BCUT2D eigenvalue weighted by Gasteiger charge is 2.26.